The van der Waals surface area contributed by atoms with Crippen molar-refractivity contribution in [2.45, 2.75) is 19.9 Å². The van der Waals surface area contributed by atoms with E-state index >= 15 is 0 Å². The van der Waals surface area contributed by atoms with Crippen molar-refractivity contribution in [3.8, 4) is 5.75 Å². The highest BCUT2D eigenvalue weighted by atomic mass is 16.5. The number of nitrogens with one attached hydrogen (secondary N) is 1. The van der Waals surface area contributed by atoms with Gasteiger partial charge in [-0.1, -0.05) is 29.8 Å². The minimum absolute atomic E-state index is 0.153. The zero-order valence-corrected chi connectivity index (χ0v) is 16.5. The third kappa shape index (κ3) is 3.59. The fourth-order valence-corrected chi connectivity index (χ4v) is 3.32. The van der Waals surface area contributed by atoms with E-state index in [1.54, 1.807) is 43.5 Å². The maximum absolute atomic E-state index is 12.9. The van der Waals surface area contributed by atoms with Crippen molar-refractivity contribution in [3.63, 3.8) is 0 Å². The molecule has 0 fully saturated rings. The van der Waals surface area contributed by atoms with Gasteiger partial charge in [0.25, 0.3) is 5.91 Å². The number of hydrogen-bond donors (Lipinski definition) is 1. The van der Waals surface area contributed by atoms with Gasteiger partial charge in [0.15, 0.2) is 0 Å². The second kappa shape index (κ2) is 7.43. The summed E-state index contributed by atoms with van der Waals surface area (Å²) in [7, 11) is 1.56. The fraction of sp³-hybridized carbons (Fsp3) is 0.167. The number of carbonyl (C=O) groups is 1. The van der Waals surface area contributed by atoms with E-state index in [1.807, 2.05) is 38.1 Å². The number of rotatable bonds is 4. The number of benzene rings is 3. The smallest absolute Gasteiger partial charge is 0.251 e. The molecule has 0 spiro atoms. The summed E-state index contributed by atoms with van der Waals surface area (Å²) < 4.78 is 11.0. The van der Waals surface area contributed by atoms with E-state index in [-0.39, 0.29) is 17.4 Å². The van der Waals surface area contributed by atoms with Crippen molar-refractivity contribution >= 4 is 27.8 Å². The van der Waals surface area contributed by atoms with Gasteiger partial charge >= 0.3 is 0 Å². The Bertz CT molecular complexity index is 1270. The summed E-state index contributed by atoms with van der Waals surface area (Å²) in [5.41, 5.74) is 3.30. The summed E-state index contributed by atoms with van der Waals surface area (Å²) in [6.45, 7) is 3.95. The van der Waals surface area contributed by atoms with Crippen LogP contribution >= 0.6 is 0 Å². The van der Waals surface area contributed by atoms with Crippen LogP contribution in [0.4, 0.5) is 0 Å². The van der Waals surface area contributed by atoms with E-state index in [1.165, 1.54) is 5.56 Å². The van der Waals surface area contributed by atoms with Crippen LogP contribution in [0.15, 0.2) is 69.9 Å². The van der Waals surface area contributed by atoms with Crippen molar-refractivity contribution in [3.05, 3.63) is 87.6 Å². The Kier molecular flexibility index (Phi) is 4.80. The Morgan fingerprint density at radius 1 is 0.966 bits per heavy atom. The Balaban J connectivity index is 1.68. The van der Waals surface area contributed by atoms with Crippen LogP contribution in [0.25, 0.3) is 21.9 Å². The van der Waals surface area contributed by atoms with Gasteiger partial charge in [-0.15, -0.1) is 0 Å². The maximum Gasteiger partial charge on any atom is 0.251 e. The Labute approximate surface area is 167 Å². The highest BCUT2D eigenvalue weighted by Crippen LogP contribution is 2.23. The van der Waals surface area contributed by atoms with E-state index in [2.05, 4.69) is 5.32 Å². The van der Waals surface area contributed by atoms with Gasteiger partial charge in [0.1, 0.15) is 16.9 Å². The van der Waals surface area contributed by atoms with Crippen LogP contribution in [0.1, 0.15) is 34.5 Å². The predicted octanol–water partition coefficient (Wildman–Crippen LogP) is 4.75. The molecule has 4 aromatic rings. The van der Waals surface area contributed by atoms with Crippen LogP contribution in [0.5, 0.6) is 5.75 Å². The fourth-order valence-electron chi connectivity index (χ4n) is 3.32. The van der Waals surface area contributed by atoms with Gasteiger partial charge in [-0.25, -0.2) is 0 Å². The number of ether oxygens (including phenoxy) is 1. The first-order valence-corrected chi connectivity index (χ1v) is 9.38. The highest BCUT2D eigenvalue weighted by molar-refractivity contribution is 5.99. The molecular weight excluding hydrogens is 366 g/mol. The molecule has 0 unspecified atom stereocenters. The van der Waals surface area contributed by atoms with Crippen molar-refractivity contribution in [2.75, 3.05) is 7.11 Å². The molecule has 0 saturated heterocycles. The summed E-state index contributed by atoms with van der Waals surface area (Å²) in [6.07, 6.45) is 0. The first-order chi connectivity index (χ1) is 14.0. The van der Waals surface area contributed by atoms with Crippen molar-refractivity contribution < 1.29 is 13.9 Å². The molecule has 1 heterocycles. The van der Waals surface area contributed by atoms with Gasteiger partial charge in [0, 0.05) is 11.6 Å². The lowest BCUT2D eigenvalue weighted by Crippen LogP contribution is -2.26. The van der Waals surface area contributed by atoms with Crippen LogP contribution in [-0.2, 0) is 0 Å². The van der Waals surface area contributed by atoms with Gasteiger partial charge in [-0.05, 0) is 49.7 Å². The molecule has 0 radical (unpaired) electrons. The molecule has 5 nitrogen and oxygen atoms in total. The number of hydrogen-bond acceptors (Lipinski definition) is 4. The van der Waals surface area contributed by atoms with Crippen LogP contribution in [-0.4, -0.2) is 13.0 Å². The van der Waals surface area contributed by atoms with Crippen LogP contribution < -0.4 is 15.5 Å². The largest absolute Gasteiger partial charge is 0.497 e. The molecule has 0 saturated carbocycles. The van der Waals surface area contributed by atoms with Crippen molar-refractivity contribution in [1.82, 2.24) is 5.32 Å². The molecule has 146 valence electrons. The summed E-state index contributed by atoms with van der Waals surface area (Å²) in [5.74, 6) is 0.371. The quantitative estimate of drug-likeness (QED) is 0.513. The average molecular weight is 387 g/mol. The first kappa shape index (κ1) is 18.7. The number of aryl methyl sites for hydroxylation is 1. The second-order valence-corrected chi connectivity index (χ2v) is 7.11. The molecule has 29 heavy (non-hydrogen) atoms. The zero-order chi connectivity index (χ0) is 20.5. The third-order valence-corrected chi connectivity index (χ3v) is 5.06. The van der Waals surface area contributed by atoms with Crippen molar-refractivity contribution in [1.29, 1.82) is 0 Å². The number of methoxy groups -OCH3 is 1. The van der Waals surface area contributed by atoms with Crippen LogP contribution in [0.3, 0.4) is 0 Å². The molecular formula is C24H21NO4. The lowest BCUT2D eigenvalue weighted by atomic mass is 10.1. The summed E-state index contributed by atoms with van der Waals surface area (Å²) in [4.78, 5) is 25.6. The molecule has 1 aromatic heterocycles. The summed E-state index contributed by atoms with van der Waals surface area (Å²) >= 11 is 0. The molecule has 1 amide bonds. The predicted molar refractivity (Wildman–Crippen MR) is 114 cm³/mol. The standard InChI is InChI=1S/C24H21NO4/c1-14-4-6-16(7-5-14)15(2)25-24(27)17-8-11-21-20(12-17)23(26)19-10-9-18(28-3)13-22(19)29-21/h4-13,15H,1-3H3,(H,25,27)/t15-/m1/s1. The van der Waals surface area contributed by atoms with Gasteiger partial charge < -0.3 is 14.5 Å². The van der Waals surface area contributed by atoms with E-state index in [0.717, 1.165) is 5.56 Å². The average Bonchev–Trinajstić information content (AvgIpc) is 2.73. The Hall–Kier alpha value is -3.60. The minimum Gasteiger partial charge on any atom is -0.497 e. The van der Waals surface area contributed by atoms with Gasteiger partial charge in [0.2, 0.25) is 5.43 Å². The first-order valence-electron chi connectivity index (χ1n) is 9.38. The maximum atomic E-state index is 12.9. The lowest BCUT2D eigenvalue weighted by molar-refractivity contribution is 0.0940. The SMILES string of the molecule is COc1ccc2c(=O)c3cc(C(=O)N[C@H](C)c4ccc(C)cc4)ccc3oc2c1. The number of amides is 1. The van der Waals surface area contributed by atoms with Gasteiger partial charge in [0.05, 0.1) is 23.9 Å². The molecule has 1 N–H and O–H groups in total. The molecule has 5 heteroatoms. The van der Waals surface area contributed by atoms with Gasteiger partial charge in [-0.3, -0.25) is 9.59 Å². The van der Waals surface area contributed by atoms with E-state index < -0.39 is 0 Å². The normalized spacial score (nSPS) is 12.1. The van der Waals surface area contributed by atoms with Gasteiger partial charge in [-0.2, -0.15) is 0 Å². The zero-order valence-electron chi connectivity index (χ0n) is 16.5. The second-order valence-electron chi connectivity index (χ2n) is 7.11. The molecule has 3 aromatic carbocycles. The molecule has 0 aliphatic rings. The summed E-state index contributed by atoms with van der Waals surface area (Å²) in [6, 6.07) is 17.8. The van der Waals surface area contributed by atoms with E-state index in [9.17, 15) is 9.59 Å². The summed E-state index contributed by atoms with van der Waals surface area (Å²) in [5, 5.41) is 3.80. The molecule has 0 aliphatic carbocycles. The molecule has 0 bridgehead atoms. The highest BCUT2D eigenvalue weighted by Gasteiger charge is 2.15. The Morgan fingerprint density at radius 3 is 2.45 bits per heavy atom. The van der Waals surface area contributed by atoms with E-state index in [0.29, 0.717) is 33.3 Å². The topological polar surface area (TPSA) is 68.5 Å². The lowest BCUT2D eigenvalue weighted by Gasteiger charge is -2.15. The van der Waals surface area contributed by atoms with E-state index in [4.69, 9.17) is 9.15 Å². The van der Waals surface area contributed by atoms with Crippen LogP contribution in [0.2, 0.25) is 0 Å². The number of fused-ring (bicyclic) bond motifs is 2. The monoisotopic (exact) mass is 387 g/mol. The third-order valence-electron chi connectivity index (χ3n) is 5.06. The Morgan fingerprint density at radius 2 is 1.72 bits per heavy atom. The molecule has 0 aliphatic heterocycles. The number of carbonyl (C=O) groups excluding carboxylic acids is 1. The van der Waals surface area contributed by atoms with Crippen LogP contribution in [0, 0.1) is 6.92 Å². The molecule has 4 rings (SSSR count). The molecule has 1 atom stereocenters. The van der Waals surface area contributed by atoms with Crippen molar-refractivity contribution in [2.24, 2.45) is 0 Å². The minimum atomic E-state index is -0.241.